The van der Waals surface area contributed by atoms with Gasteiger partial charge in [-0.2, -0.15) is 5.10 Å². The van der Waals surface area contributed by atoms with Crippen LogP contribution in [0.5, 0.6) is 0 Å². The zero-order valence-electron chi connectivity index (χ0n) is 13.2. The van der Waals surface area contributed by atoms with Crippen molar-refractivity contribution in [2.75, 3.05) is 6.54 Å². The molecule has 2 aromatic rings. The number of aliphatic carboxylic acids is 1. The summed E-state index contributed by atoms with van der Waals surface area (Å²) in [4.78, 5) is 23.2. The Balaban J connectivity index is 1.68. The fourth-order valence-corrected chi connectivity index (χ4v) is 2.61. The van der Waals surface area contributed by atoms with Gasteiger partial charge >= 0.3 is 5.97 Å². The molecule has 0 bridgehead atoms. The van der Waals surface area contributed by atoms with Crippen molar-refractivity contribution in [3.05, 3.63) is 47.3 Å². The van der Waals surface area contributed by atoms with E-state index in [1.165, 1.54) is 0 Å². The third kappa shape index (κ3) is 2.97. The van der Waals surface area contributed by atoms with Crippen molar-refractivity contribution in [2.24, 2.45) is 5.41 Å². The van der Waals surface area contributed by atoms with Gasteiger partial charge in [-0.25, -0.2) is 4.68 Å². The normalized spacial score (nSPS) is 15.2. The maximum absolute atomic E-state index is 12.1. The van der Waals surface area contributed by atoms with E-state index >= 15 is 0 Å². The number of aromatic nitrogens is 2. The highest BCUT2D eigenvalue weighted by atomic mass is 16.4. The number of benzene rings is 1. The first-order valence-corrected chi connectivity index (χ1v) is 7.57. The number of carbonyl (C=O) groups excluding carboxylic acids is 1. The summed E-state index contributed by atoms with van der Waals surface area (Å²) in [5, 5.41) is 16.2. The monoisotopic (exact) mass is 313 g/mol. The molecule has 1 aliphatic rings. The summed E-state index contributed by atoms with van der Waals surface area (Å²) in [6.45, 7) is 4.09. The van der Waals surface area contributed by atoms with E-state index in [2.05, 4.69) is 10.4 Å². The number of carbonyl (C=O) groups is 2. The molecule has 1 saturated carbocycles. The lowest BCUT2D eigenvalue weighted by Crippen LogP contribution is -2.34. The molecule has 23 heavy (non-hydrogen) atoms. The van der Waals surface area contributed by atoms with Gasteiger partial charge in [-0.15, -0.1) is 0 Å². The van der Waals surface area contributed by atoms with Gasteiger partial charge in [-0.05, 0) is 57.0 Å². The Kier molecular flexibility index (Phi) is 3.67. The summed E-state index contributed by atoms with van der Waals surface area (Å²) < 4.78 is 1.82. The van der Waals surface area contributed by atoms with Gasteiger partial charge in [0.1, 0.15) is 0 Å². The average Bonchev–Trinajstić information content (AvgIpc) is 3.25. The van der Waals surface area contributed by atoms with Crippen LogP contribution in [0.2, 0.25) is 0 Å². The van der Waals surface area contributed by atoms with Crippen LogP contribution in [0.3, 0.4) is 0 Å². The Morgan fingerprint density at radius 1 is 1.26 bits per heavy atom. The van der Waals surface area contributed by atoms with E-state index in [0.29, 0.717) is 18.4 Å². The minimum Gasteiger partial charge on any atom is -0.481 e. The second-order valence-electron chi connectivity index (χ2n) is 6.15. The third-order valence-corrected chi connectivity index (χ3v) is 4.28. The van der Waals surface area contributed by atoms with E-state index in [4.69, 9.17) is 5.11 Å². The van der Waals surface area contributed by atoms with Gasteiger partial charge in [0.15, 0.2) is 0 Å². The van der Waals surface area contributed by atoms with Crippen molar-refractivity contribution in [1.29, 1.82) is 0 Å². The number of aryl methyl sites for hydroxylation is 2. The number of nitrogens with one attached hydrogen (secondary N) is 1. The number of amides is 1. The highest BCUT2D eigenvalue weighted by Gasteiger charge is 2.50. The number of carboxylic acid groups (broad SMARTS) is 1. The number of rotatable bonds is 5. The van der Waals surface area contributed by atoms with E-state index in [1.807, 2.05) is 36.7 Å². The van der Waals surface area contributed by atoms with Crippen LogP contribution in [0, 0.1) is 19.3 Å². The van der Waals surface area contributed by atoms with Gasteiger partial charge in [0.05, 0.1) is 16.8 Å². The van der Waals surface area contributed by atoms with E-state index in [9.17, 15) is 9.59 Å². The van der Waals surface area contributed by atoms with Crippen LogP contribution >= 0.6 is 0 Å². The lowest BCUT2D eigenvalue weighted by atomic mass is 10.1. The van der Waals surface area contributed by atoms with Crippen molar-refractivity contribution in [3.8, 4) is 5.69 Å². The zero-order chi connectivity index (χ0) is 16.6. The Labute approximate surface area is 134 Å². The standard InChI is InChI=1S/C17H19N3O3/c1-11-9-12(2)20(19-11)14-5-3-13(4-6-14)15(21)18-10-17(7-8-17)16(22)23/h3-6,9H,7-8,10H2,1-2H3,(H,18,21)(H,22,23). The fourth-order valence-electron chi connectivity index (χ4n) is 2.61. The lowest BCUT2D eigenvalue weighted by Gasteiger charge is -2.11. The number of carboxylic acids is 1. The van der Waals surface area contributed by atoms with Gasteiger partial charge in [0.2, 0.25) is 0 Å². The summed E-state index contributed by atoms with van der Waals surface area (Å²) >= 11 is 0. The molecule has 0 radical (unpaired) electrons. The molecule has 1 aromatic carbocycles. The molecule has 0 atom stereocenters. The molecule has 1 amide bonds. The molecular formula is C17H19N3O3. The molecule has 6 nitrogen and oxygen atoms in total. The van der Waals surface area contributed by atoms with E-state index in [-0.39, 0.29) is 12.5 Å². The Morgan fingerprint density at radius 2 is 1.91 bits per heavy atom. The highest BCUT2D eigenvalue weighted by Crippen LogP contribution is 2.45. The van der Waals surface area contributed by atoms with Gasteiger partial charge in [-0.3, -0.25) is 9.59 Å². The first kappa shape index (κ1) is 15.3. The van der Waals surface area contributed by atoms with Crippen molar-refractivity contribution in [1.82, 2.24) is 15.1 Å². The van der Waals surface area contributed by atoms with Crippen molar-refractivity contribution >= 4 is 11.9 Å². The predicted molar refractivity (Wildman–Crippen MR) is 84.7 cm³/mol. The van der Waals surface area contributed by atoms with Crippen LogP contribution in [0.1, 0.15) is 34.6 Å². The van der Waals surface area contributed by atoms with Gasteiger partial charge in [0.25, 0.3) is 5.91 Å². The molecule has 1 aromatic heterocycles. The lowest BCUT2D eigenvalue weighted by molar-refractivity contribution is -0.143. The molecule has 0 spiro atoms. The molecule has 6 heteroatoms. The first-order chi connectivity index (χ1) is 10.9. The molecule has 1 fully saturated rings. The minimum absolute atomic E-state index is 0.181. The molecule has 120 valence electrons. The molecule has 0 saturated heterocycles. The SMILES string of the molecule is Cc1cc(C)n(-c2ccc(C(=O)NCC3(C(=O)O)CC3)cc2)n1. The van der Waals surface area contributed by atoms with Gasteiger partial charge in [0, 0.05) is 17.8 Å². The second kappa shape index (κ2) is 5.53. The first-order valence-electron chi connectivity index (χ1n) is 7.57. The maximum atomic E-state index is 12.1. The van der Waals surface area contributed by atoms with Crippen LogP contribution in [0.25, 0.3) is 5.69 Å². The predicted octanol–water partition coefficient (Wildman–Crippen LogP) is 2.08. The van der Waals surface area contributed by atoms with Crippen LogP contribution in [0.15, 0.2) is 30.3 Å². The Morgan fingerprint density at radius 3 is 2.39 bits per heavy atom. The maximum Gasteiger partial charge on any atom is 0.311 e. The highest BCUT2D eigenvalue weighted by molar-refractivity contribution is 5.94. The van der Waals surface area contributed by atoms with Crippen molar-refractivity contribution in [3.63, 3.8) is 0 Å². The quantitative estimate of drug-likeness (QED) is 0.885. The Hall–Kier alpha value is -2.63. The zero-order valence-corrected chi connectivity index (χ0v) is 13.2. The van der Waals surface area contributed by atoms with Crippen LogP contribution in [-0.4, -0.2) is 33.3 Å². The number of hydrogen-bond donors (Lipinski definition) is 2. The average molecular weight is 313 g/mol. The van der Waals surface area contributed by atoms with Gasteiger partial charge in [-0.1, -0.05) is 0 Å². The van der Waals surface area contributed by atoms with Crippen molar-refractivity contribution in [2.45, 2.75) is 26.7 Å². The minimum atomic E-state index is -0.835. The van der Waals surface area contributed by atoms with Crippen molar-refractivity contribution < 1.29 is 14.7 Å². The smallest absolute Gasteiger partial charge is 0.311 e. The topological polar surface area (TPSA) is 84.2 Å². The number of nitrogens with zero attached hydrogens (tertiary/aromatic N) is 2. The summed E-state index contributed by atoms with van der Waals surface area (Å²) in [6, 6.07) is 9.10. The fraction of sp³-hybridized carbons (Fsp3) is 0.353. The largest absolute Gasteiger partial charge is 0.481 e. The molecule has 1 heterocycles. The summed E-state index contributed by atoms with van der Waals surface area (Å²) in [6.07, 6.45) is 1.25. The van der Waals surface area contributed by atoms with Gasteiger partial charge < -0.3 is 10.4 Å². The number of hydrogen-bond acceptors (Lipinski definition) is 3. The second-order valence-corrected chi connectivity index (χ2v) is 6.15. The Bertz CT molecular complexity index is 758. The molecule has 1 aliphatic carbocycles. The molecular weight excluding hydrogens is 294 g/mol. The molecule has 3 rings (SSSR count). The van der Waals surface area contributed by atoms with E-state index in [1.54, 1.807) is 12.1 Å². The summed E-state index contributed by atoms with van der Waals surface area (Å²) in [5.41, 5.74) is 2.61. The molecule has 0 aliphatic heterocycles. The molecule has 0 unspecified atom stereocenters. The van der Waals surface area contributed by atoms with Crippen LogP contribution in [0.4, 0.5) is 0 Å². The third-order valence-electron chi connectivity index (χ3n) is 4.28. The van der Waals surface area contributed by atoms with Crippen LogP contribution in [-0.2, 0) is 4.79 Å². The molecule has 2 N–H and O–H groups in total. The van der Waals surface area contributed by atoms with E-state index < -0.39 is 11.4 Å². The van der Waals surface area contributed by atoms with Crippen LogP contribution < -0.4 is 5.32 Å². The van der Waals surface area contributed by atoms with E-state index in [0.717, 1.165) is 17.1 Å². The summed E-state index contributed by atoms with van der Waals surface area (Å²) in [5.74, 6) is -1.09. The summed E-state index contributed by atoms with van der Waals surface area (Å²) in [7, 11) is 0.